The number of aromatic nitrogens is 3. The molecular formula is C15H19N5. The Hall–Kier alpha value is -2.17. The predicted molar refractivity (Wildman–Crippen MR) is 79.3 cm³/mol. The van der Waals surface area contributed by atoms with Crippen molar-refractivity contribution >= 4 is 11.6 Å². The van der Waals surface area contributed by atoms with Crippen LogP contribution in [0.25, 0.3) is 0 Å². The Morgan fingerprint density at radius 2 is 1.80 bits per heavy atom. The van der Waals surface area contributed by atoms with Crippen LogP contribution in [0.4, 0.5) is 11.6 Å². The van der Waals surface area contributed by atoms with Gasteiger partial charge >= 0.3 is 0 Å². The van der Waals surface area contributed by atoms with E-state index in [4.69, 9.17) is 5.73 Å². The summed E-state index contributed by atoms with van der Waals surface area (Å²) in [5.74, 6) is 0.717. The molecule has 3 rings (SSSR count). The first-order valence-corrected chi connectivity index (χ1v) is 7.06. The molecule has 0 fully saturated rings. The highest BCUT2D eigenvalue weighted by atomic mass is 15.3. The summed E-state index contributed by atoms with van der Waals surface area (Å²) >= 11 is 0. The Kier molecular flexibility index (Phi) is 3.26. The zero-order valence-electron chi connectivity index (χ0n) is 11.9. The average Bonchev–Trinajstić information content (AvgIpc) is 2.89. The third kappa shape index (κ3) is 2.19. The lowest BCUT2D eigenvalue weighted by atomic mass is 10.1. The van der Waals surface area contributed by atoms with Gasteiger partial charge in [-0.2, -0.15) is 5.10 Å². The van der Waals surface area contributed by atoms with Crippen molar-refractivity contribution in [1.82, 2.24) is 15.2 Å². The summed E-state index contributed by atoms with van der Waals surface area (Å²) in [6.07, 6.45) is 1.76. The molecule has 5 nitrogen and oxygen atoms in total. The van der Waals surface area contributed by atoms with Crippen molar-refractivity contribution in [2.24, 2.45) is 0 Å². The number of aryl methyl sites for hydroxylation is 2. The van der Waals surface area contributed by atoms with E-state index in [1.165, 1.54) is 11.1 Å². The SMILES string of the molecule is CCc1nnc(N2Cc3ccc(N)cc3C2)nc1CC. The van der Waals surface area contributed by atoms with Crippen LogP contribution >= 0.6 is 0 Å². The summed E-state index contributed by atoms with van der Waals surface area (Å²) < 4.78 is 0. The van der Waals surface area contributed by atoms with E-state index < -0.39 is 0 Å². The number of hydrogen-bond donors (Lipinski definition) is 1. The molecule has 0 aliphatic carbocycles. The number of hydrogen-bond acceptors (Lipinski definition) is 5. The minimum absolute atomic E-state index is 0.717. The van der Waals surface area contributed by atoms with Gasteiger partial charge in [0.2, 0.25) is 5.95 Å². The minimum atomic E-state index is 0.717. The van der Waals surface area contributed by atoms with Crippen LogP contribution < -0.4 is 10.6 Å². The highest BCUT2D eigenvalue weighted by molar-refractivity contribution is 5.50. The van der Waals surface area contributed by atoms with Gasteiger partial charge in [0.25, 0.3) is 0 Å². The maximum Gasteiger partial charge on any atom is 0.246 e. The first-order valence-electron chi connectivity index (χ1n) is 7.06. The van der Waals surface area contributed by atoms with Crippen LogP contribution in [0.15, 0.2) is 18.2 Å². The fourth-order valence-electron chi connectivity index (χ4n) is 2.62. The van der Waals surface area contributed by atoms with Gasteiger partial charge in [-0.25, -0.2) is 4.98 Å². The lowest BCUT2D eigenvalue weighted by Crippen LogP contribution is -2.19. The van der Waals surface area contributed by atoms with Gasteiger partial charge in [0.1, 0.15) is 0 Å². The van der Waals surface area contributed by atoms with Crippen molar-refractivity contribution in [3.63, 3.8) is 0 Å². The van der Waals surface area contributed by atoms with Crippen LogP contribution in [0.5, 0.6) is 0 Å². The Balaban J connectivity index is 1.89. The molecule has 0 atom stereocenters. The fraction of sp³-hybridized carbons (Fsp3) is 0.400. The highest BCUT2D eigenvalue weighted by Crippen LogP contribution is 2.27. The van der Waals surface area contributed by atoms with E-state index in [-0.39, 0.29) is 0 Å². The van der Waals surface area contributed by atoms with Gasteiger partial charge in [-0.05, 0) is 36.1 Å². The Morgan fingerprint density at radius 3 is 2.55 bits per heavy atom. The standard InChI is InChI=1S/C15H19N5/c1-3-13-14(4-2)18-19-15(17-13)20-8-10-5-6-12(16)7-11(10)9-20/h5-7H,3-4,8-9,16H2,1-2H3. The topological polar surface area (TPSA) is 67.9 Å². The van der Waals surface area contributed by atoms with Crippen molar-refractivity contribution in [2.45, 2.75) is 39.8 Å². The second-order valence-corrected chi connectivity index (χ2v) is 5.10. The zero-order chi connectivity index (χ0) is 14.1. The first-order chi connectivity index (χ1) is 9.71. The normalized spacial score (nSPS) is 13.6. The highest BCUT2D eigenvalue weighted by Gasteiger charge is 2.22. The Bertz CT molecular complexity index is 638. The molecule has 1 aromatic heterocycles. The summed E-state index contributed by atoms with van der Waals surface area (Å²) in [6.45, 7) is 5.81. The summed E-state index contributed by atoms with van der Waals surface area (Å²) in [5.41, 5.74) is 11.2. The Morgan fingerprint density at radius 1 is 1.05 bits per heavy atom. The van der Waals surface area contributed by atoms with Crippen LogP contribution in [0.3, 0.4) is 0 Å². The third-order valence-electron chi connectivity index (χ3n) is 3.73. The number of nitrogens with zero attached hydrogens (tertiary/aromatic N) is 4. The van der Waals surface area contributed by atoms with Crippen LogP contribution in [0, 0.1) is 0 Å². The zero-order valence-corrected chi connectivity index (χ0v) is 11.9. The maximum atomic E-state index is 5.84. The molecular weight excluding hydrogens is 250 g/mol. The van der Waals surface area contributed by atoms with Crippen molar-refractivity contribution in [2.75, 3.05) is 10.6 Å². The molecule has 104 valence electrons. The number of anilines is 2. The predicted octanol–water partition coefficient (Wildman–Crippen LogP) is 2.10. The molecule has 0 spiro atoms. The molecule has 2 aromatic rings. The maximum absolute atomic E-state index is 5.84. The second-order valence-electron chi connectivity index (χ2n) is 5.10. The molecule has 1 aromatic carbocycles. The van der Waals surface area contributed by atoms with E-state index in [2.05, 4.69) is 40.0 Å². The van der Waals surface area contributed by atoms with E-state index in [1.807, 2.05) is 12.1 Å². The van der Waals surface area contributed by atoms with E-state index in [1.54, 1.807) is 0 Å². The molecule has 1 aliphatic rings. The number of fused-ring (bicyclic) bond motifs is 1. The average molecular weight is 269 g/mol. The fourth-order valence-corrected chi connectivity index (χ4v) is 2.62. The van der Waals surface area contributed by atoms with E-state index in [0.29, 0.717) is 5.95 Å². The van der Waals surface area contributed by atoms with Gasteiger partial charge in [0.15, 0.2) is 0 Å². The summed E-state index contributed by atoms with van der Waals surface area (Å²) in [4.78, 5) is 6.82. The van der Waals surface area contributed by atoms with Gasteiger partial charge in [-0.1, -0.05) is 19.9 Å². The number of benzene rings is 1. The van der Waals surface area contributed by atoms with Gasteiger partial charge in [0, 0.05) is 18.8 Å². The van der Waals surface area contributed by atoms with Gasteiger partial charge in [-0.15, -0.1) is 5.10 Å². The van der Waals surface area contributed by atoms with Gasteiger partial charge in [-0.3, -0.25) is 0 Å². The van der Waals surface area contributed by atoms with Crippen molar-refractivity contribution in [1.29, 1.82) is 0 Å². The molecule has 0 radical (unpaired) electrons. The van der Waals surface area contributed by atoms with Crippen LogP contribution in [0.2, 0.25) is 0 Å². The van der Waals surface area contributed by atoms with Crippen LogP contribution in [-0.4, -0.2) is 15.2 Å². The molecule has 5 heteroatoms. The molecule has 0 saturated carbocycles. The van der Waals surface area contributed by atoms with Crippen molar-refractivity contribution in [3.8, 4) is 0 Å². The molecule has 0 unspecified atom stereocenters. The molecule has 0 bridgehead atoms. The smallest absolute Gasteiger partial charge is 0.246 e. The largest absolute Gasteiger partial charge is 0.399 e. The number of rotatable bonds is 3. The lowest BCUT2D eigenvalue weighted by molar-refractivity contribution is 0.754. The molecule has 2 heterocycles. The van der Waals surface area contributed by atoms with Crippen molar-refractivity contribution in [3.05, 3.63) is 40.7 Å². The van der Waals surface area contributed by atoms with Gasteiger partial charge < -0.3 is 10.6 Å². The number of nitrogens with two attached hydrogens (primary N) is 1. The summed E-state index contributed by atoms with van der Waals surface area (Å²) in [6, 6.07) is 6.06. The summed E-state index contributed by atoms with van der Waals surface area (Å²) in [5, 5.41) is 8.59. The quantitative estimate of drug-likeness (QED) is 0.864. The van der Waals surface area contributed by atoms with Gasteiger partial charge in [0.05, 0.1) is 11.4 Å². The van der Waals surface area contributed by atoms with E-state index in [0.717, 1.165) is 43.0 Å². The molecule has 0 saturated heterocycles. The van der Waals surface area contributed by atoms with Crippen LogP contribution in [-0.2, 0) is 25.9 Å². The minimum Gasteiger partial charge on any atom is -0.399 e. The van der Waals surface area contributed by atoms with Crippen LogP contribution in [0.1, 0.15) is 36.4 Å². The second kappa shape index (κ2) is 5.07. The van der Waals surface area contributed by atoms with Crippen molar-refractivity contribution < 1.29 is 0 Å². The molecule has 2 N–H and O–H groups in total. The molecule has 20 heavy (non-hydrogen) atoms. The third-order valence-corrected chi connectivity index (χ3v) is 3.73. The van der Waals surface area contributed by atoms with E-state index >= 15 is 0 Å². The molecule has 0 amide bonds. The first kappa shape index (κ1) is 12.8. The Labute approximate surface area is 118 Å². The summed E-state index contributed by atoms with van der Waals surface area (Å²) in [7, 11) is 0. The lowest BCUT2D eigenvalue weighted by Gasteiger charge is -2.15. The molecule has 1 aliphatic heterocycles. The number of nitrogen functional groups attached to an aromatic ring is 1. The monoisotopic (exact) mass is 269 g/mol. The van der Waals surface area contributed by atoms with E-state index in [9.17, 15) is 0 Å².